The summed E-state index contributed by atoms with van der Waals surface area (Å²) in [6, 6.07) is 14.4. The van der Waals surface area contributed by atoms with E-state index in [1.807, 2.05) is 30.3 Å². The van der Waals surface area contributed by atoms with Crippen molar-refractivity contribution in [3.05, 3.63) is 71.0 Å². The molecule has 0 N–H and O–H groups in total. The highest BCUT2D eigenvalue weighted by Crippen LogP contribution is 2.43. The predicted molar refractivity (Wildman–Crippen MR) is 136 cm³/mol. The number of aryl methyl sites for hydroxylation is 1. The highest BCUT2D eigenvalue weighted by molar-refractivity contribution is 5.94. The van der Waals surface area contributed by atoms with Crippen LogP contribution in [-0.2, 0) is 11.3 Å². The Morgan fingerprint density at radius 2 is 1.62 bits per heavy atom. The number of carbonyl (C=O) groups is 1. The SMILES string of the molecule is COc1cc(-c2ccc3c(c2)COC2(CCN(C(=O)c4ccc(C)c(F)c4)CC2)O3)cc(OC)c1OC. The molecule has 0 atom stereocenters. The number of methoxy groups -OCH3 is 3. The second-order valence-electron chi connectivity index (χ2n) is 9.29. The number of rotatable bonds is 5. The first-order valence-corrected chi connectivity index (χ1v) is 12.2. The minimum Gasteiger partial charge on any atom is -0.493 e. The van der Waals surface area contributed by atoms with Crippen LogP contribution in [0.2, 0.25) is 0 Å². The van der Waals surface area contributed by atoms with Gasteiger partial charge in [-0.05, 0) is 60.0 Å². The van der Waals surface area contributed by atoms with Crippen molar-refractivity contribution in [3.63, 3.8) is 0 Å². The van der Waals surface area contributed by atoms with Gasteiger partial charge in [0.2, 0.25) is 11.5 Å². The number of hydrogen-bond acceptors (Lipinski definition) is 6. The molecule has 8 heteroatoms. The van der Waals surface area contributed by atoms with E-state index in [9.17, 15) is 9.18 Å². The van der Waals surface area contributed by atoms with Crippen LogP contribution in [0.25, 0.3) is 11.1 Å². The third-order valence-corrected chi connectivity index (χ3v) is 7.08. The summed E-state index contributed by atoms with van der Waals surface area (Å²) in [5.74, 6) is 1.13. The number of carbonyl (C=O) groups excluding carboxylic acids is 1. The Bertz CT molecular complexity index is 1310. The van der Waals surface area contributed by atoms with E-state index in [-0.39, 0.29) is 11.7 Å². The minimum atomic E-state index is -0.781. The van der Waals surface area contributed by atoms with Crippen LogP contribution in [-0.4, -0.2) is 51.0 Å². The van der Waals surface area contributed by atoms with Gasteiger partial charge in [0.15, 0.2) is 11.5 Å². The van der Waals surface area contributed by atoms with Crippen molar-refractivity contribution in [1.29, 1.82) is 0 Å². The van der Waals surface area contributed by atoms with Gasteiger partial charge in [0.1, 0.15) is 11.6 Å². The van der Waals surface area contributed by atoms with E-state index >= 15 is 0 Å². The molecule has 0 radical (unpaired) electrons. The fraction of sp³-hybridized carbons (Fsp3) is 0.345. The first-order valence-electron chi connectivity index (χ1n) is 12.2. The topological polar surface area (TPSA) is 66.5 Å². The number of hydrogen-bond donors (Lipinski definition) is 0. The molecule has 2 aliphatic rings. The highest BCUT2D eigenvalue weighted by atomic mass is 19.1. The molecule has 37 heavy (non-hydrogen) atoms. The second-order valence-corrected chi connectivity index (χ2v) is 9.29. The number of ether oxygens (including phenoxy) is 5. The summed E-state index contributed by atoms with van der Waals surface area (Å²) in [4.78, 5) is 14.6. The summed E-state index contributed by atoms with van der Waals surface area (Å²) in [7, 11) is 4.76. The van der Waals surface area contributed by atoms with Gasteiger partial charge in [-0.25, -0.2) is 4.39 Å². The fourth-order valence-corrected chi connectivity index (χ4v) is 4.86. The average Bonchev–Trinajstić information content (AvgIpc) is 2.93. The zero-order valence-electron chi connectivity index (χ0n) is 21.4. The number of halogens is 1. The van der Waals surface area contributed by atoms with Gasteiger partial charge in [0, 0.05) is 37.1 Å². The lowest BCUT2D eigenvalue weighted by Crippen LogP contribution is -2.52. The van der Waals surface area contributed by atoms with Crippen molar-refractivity contribution < 1.29 is 32.9 Å². The van der Waals surface area contributed by atoms with Crippen LogP contribution in [0.4, 0.5) is 4.39 Å². The lowest BCUT2D eigenvalue weighted by molar-refractivity contribution is -0.225. The molecule has 0 bridgehead atoms. The first kappa shape index (κ1) is 24.9. The summed E-state index contributed by atoms with van der Waals surface area (Å²) in [5.41, 5.74) is 3.69. The summed E-state index contributed by atoms with van der Waals surface area (Å²) >= 11 is 0. The Morgan fingerprint density at radius 3 is 2.24 bits per heavy atom. The standard InChI is InChI=1S/C29H30FNO6/c1-18-5-6-20(14-23(18)30)28(32)31-11-9-29(10-12-31)36-17-22-13-19(7-8-24(22)37-29)21-15-25(33-2)27(35-4)26(16-21)34-3/h5-8,13-16H,9-12,17H2,1-4H3. The molecule has 2 aliphatic heterocycles. The molecule has 1 fully saturated rings. The summed E-state index contributed by atoms with van der Waals surface area (Å²) in [5, 5.41) is 0. The van der Waals surface area contributed by atoms with Gasteiger partial charge in [-0.3, -0.25) is 4.79 Å². The van der Waals surface area contributed by atoms with Gasteiger partial charge in [-0.15, -0.1) is 0 Å². The van der Waals surface area contributed by atoms with Crippen molar-refractivity contribution in [1.82, 2.24) is 4.90 Å². The van der Waals surface area contributed by atoms with Gasteiger partial charge >= 0.3 is 0 Å². The fourth-order valence-electron chi connectivity index (χ4n) is 4.86. The molecule has 1 spiro atoms. The predicted octanol–water partition coefficient (Wildman–Crippen LogP) is 5.37. The number of nitrogens with zero attached hydrogens (tertiary/aromatic N) is 1. The highest BCUT2D eigenvalue weighted by Gasteiger charge is 2.42. The van der Waals surface area contributed by atoms with Crippen molar-refractivity contribution in [2.75, 3.05) is 34.4 Å². The maximum absolute atomic E-state index is 14.0. The van der Waals surface area contributed by atoms with Gasteiger partial charge < -0.3 is 28.6 Å². The third kappa shape index (κ3) is 4.69. The number of likely N-dealkylation sites (tertiary alicyclic amines) is 1. The molecule has 0 saturated carbocycles. The molecule has 7 nitrogen and oxygen atoms in total. The van der Waals surface area contributed by atoms with Gasteiger partial charge in [-0.2, -0.15) is 0 Å². The maximum atomic E-state index is 14.0. The van der Waals surface area contributed by atoms with Crippen LogP contribution in [0.5, 0.6) is 23.0 Å². The molecule has 3 aromatic carbocycles. The zero-order chi connectivity index (χ0) is 26.2. The average molecular weight is 508 g/mol. The molecule has 3 aromatic rings. The monoisotopic (exact) mass is 507 g/mol. The smallest absolute Gasteiger partial charge is 0.253 e. The third-order valence-electron chi connectivity index (χ3n) is 7.08. The van der Waals surface area contributed by atoms with Crippen molar-refractivity contribution in [3.8, 4) is 34.1 Å². The largest absolute Gasteiger partial charge is 0.493 e. The zero-order valence-corrected chi connectivity index (χ0v) is 21.4. The minimum absolute atomic E-state index is 0.181. The lowest BCUT2D eigenvalue weighted by Gasteiger charge is -2.44. The molecule has 5 rings (SSSR count). The molecule has 2 heterocycles. The quantitative estimate of drug-likeness (QED) is 0.463. The van der Waals surface area contributed by atoms with Crippen LogP contribution in [0.15, 0.2) is 48.5 Å². The number of amides is 1. The van der Waals surface area contributed by atoms with Crippen LogP contribution in [0.3, 0.4) is 0 Å². The van der Waals surface area contributed by atoms with Crippen molar-refractivity contribution in [2.24, 2.45) is 0 Å². The summed E-state index contributed by atoms with van der Waals surface area (Å²) < 4.78 is 43.0. The molecule has 1 amide bonds. The van der Waals surface area contributed by atoms with Crippen LogP contribution in [0, 0.1) is 12.7 Å². The van der Waals surface area contributed by atoms with E-state index in [0.29, 0.717) is 60.9 Å². The number of benzene rings is 3. The molecule has 1 saturated heterocycles. The van der Waals surface area contributed by atoms with E-state index in [1.54, 1.807) is 45.3 Å². The first-order chi connectivity index (χ1) is 17.9. The molecule has 194 valence electrons. The molecule has 0 unspecified atom stereocenters. The Labute approximate surface area is 215 Å². The Hall–Kier alpha value is -3.78. The Kier molecular flexibility index (Phi) is 6.69. The van der Waals surface area contributed by atoms with E-state index < -0.39 is 5.79 Å². The molecule has 0 aromatic heterocycles. The van der Waals surface area contributed by atoms with Gasteiger partial charge in [0.25, 0.3) is 5.91 Å². The van der Waals surface area contributed by atoms with E-state index in [4.69, 9.17) is 23.7 Å². The van der Waals surface area contributed by atoms with Gasteiger partial charge in [-0.1, -0.05) is 12.1 Å². The van der Waals surface area contributed by atoms with Crippen molar-refractivity contribution >= 4 is 5.91 Å². The Morgan fingerprint density at radius 1 is 0.919 bits per heavy atom. The molecular weight excluding hydrogens is 477 g/mol. The van der Waals surface area contributed by atoms with Gasteiger partial charge in [0.05, 0.1) is 27.9 Å². The maximum Gasteiger partial charge on any atom is 0.253 e. The van der Waals surface area contributed by atoms with E-state index in [2.05, 4.69) is 0 Å². The number of piperidine rings is 1. The van der Waals surface area contributed by atoms with Crippen LogP contribution >= 0.6 is 0 Å². The van der Waals surface area contributed by atoms with E-state index in [1.165, 1.54) is 6.07 Å². The van der Waals surface area contributed by atoms with Crippen molar-refractivity contribution in [2.45, 2.75) is 32.2 Å². The van der Waals surface area contributed by atoms with E-state index in [0.717, 1.165) is 22.4 Å². The van der Waals surface area contributed by atoms with Crippen LogP contribution in [0.1, 0.15) is 34.3 Å². The molecule has 0 aliphatic carbocycles. The summed E-state index contributed by atoms with van der Waals surface area (Å²) in [6.45, 7) is 3.00. The molecular formula is C29H30FNO6. The number of fused-ring (bicyclic) bond motifs is 1. The normalized spacial score (nSPS) is 16.1. The lowest BCUT2D eigenvalue weighted by atomic mass is 9.98. The van der Waals surface area contributed by atoms with Crippen LogP contribution < -0.4 is 18.9 Å². The Balaban J connectivity index is 1.30. The second kappa shape index (κ2) is 9.94. The summed E-state index contributed by atoms with van der Waals surface area (Å²) in [6.07, 6.45) is 1.06.